The number of fused-ring (bicyclic) bond motifs is 1. The molecule has 0 aliphatic rings. The molecular weight excluding hydrogens is 198 g/mol. The van der Waals surface area contributed by atoms with Crippen molar-refractivity contribution in [2.75, 3.05) is 0 Å². The van der Waals surface area contributed by atoms with Crippen LogP contribution in [0.3, 0.4) is 0 Å². The van der Waals surface area contributed by atoms with Crippen molar-refractivity contribution in [1.82, 2.24) is 0 Å². The number of nitriles is 1. The summed E-state index contributed by atoms with van der Waals surface area (Å²) in [5, 5.41) is 29.6. The first-order valence-electron chi connectivity index (χ1n) is 4.01. The minimum absolute atomic E-state index is 0.0812. The fourth-order valence-corrected chi connectivity index (χ4v) is 2.42. The highest BCUT2D eigenvalue weighted by Crippen LogP contribution is 2.35. The molecule has 14 heavy (non-hydrogen) atoms. The first kappa shape index (κ1) is 9.00. The number of rotatable bonds is 1. The van der Waals surface area contributed by atoms with Gasteiger partial charge in [0.2, 0.25) is 0 Å². The maximum Gasteiger partial charge on any atom is 0.125 e. The van der Waals surface area contributed by atoms with Crippen LogP contribution in [0.1, 0.15) is 11.1 Å². The zero-order chi connectivity index (χ0) is 10.1. The highest BCUT2D eigenvalue weighted by molar-refractivity contribution is 7.17. The molecule has 0 unspecified atom stereocenters. The Morgan fingerprint density at radius 2 is 2.21 bits per heavy atom. The number of phenols is 1. The summed E-state index contributed by atoms with van der Waals surface area (Å²) in [6.07, 6.45) is 0. The van der Waals surface area contributed by atoms with Crippen LogP contribution >= 0.6 is 11.3 Å². The van der Waals surface area contributed by atoms with Gasteiger partial charge in [-0.25, -0.2) is 0 Å². The molecule has 0 atom stereocenters. The smallest absolute Gasteiger partial charge is 0.125 e. The van der Waals surface area contributed by atoms with Crippen molar-refractivity contribution in [3.8, 4) is 11.8 Å². The van der Waals surface area contributed by atoms with Crippen LogP contribution in [0.5, 0.6) is 5.75 Å². The number of aliphatic hydroxyl groups excluding tert-OH is 1. The normalized spacial score (nSPS) is 10.3. The highest BCUT2D eigenvalue weighted by atomic mass is 32.1. The molecule has 0 aliphatic carbocycles. The Labute approximate surface area is 84.5 Å². The Kier molecular flexibility index (Phi) is 2.12. The predicted molar refractivity (Wildman–Crippen MR) is 54.1 cm³/mol. The van der Waals surface area contributed by atoms with E-state index in [0.29, 0.717) is 10.9 Å². The molecule has 1 aromatic heterocycles. The van der Waals surface area contributed by atoms with Crippen LogP contribution in [0, 0.1) is 11.3 Å². The topological polar surface area (TPSA) is 64.2 Å². The molecule has 2 N–H and O–H groups in total. The van der Waals surface area contributed by atoms with Crippen molar-refractivity contribution in [1.29, 1.82) is 5.26 Å². The number of aliphatic hydroxyl groups is 1. The molecule has 1 aromatic carbocycles. The lowest BCUT2D eigenvalue weighted by atomic mass is 10.1. The van der Waals surface area contributed by atoms with Crippen LogP contribution in [0.2, 0.25) is 0 Å². The number of hydrogen-bond donors (Lipinski definition) is 2. The largest absolute Gasteiger partial charge is 0.507 e. The van der Waals surface area contributed by atoms with Crippen LogP contribution in [-0.2, 0) is 6.61 Å². The van der Waals surface area contributed by atoms with E-state index in [1.165, 1.54) is 17.4 Å². The third-order valence-electron chi connectivity index (χ3n) is 2.07. The summed E-state index contributed by atoms with van der Waals surface area (Å²) in [5.74, 6) is 0.0926. The Hall–Kier alpha value is -1.57. The molecule has 0 spiro atoms. The molecule has 0 fully saturated rings. The molecule has 3 nitrogen and oxygen atoms in total. The summed E-state index contributed by atoms with van der Waals surface area (Å²) in [4.78, 5) is 0. The molecular formula is C10H7NO2S. The standard InChI is InChI=1S/C10H7NO2S/c11-3-7-5-14-10-6(4-12)1-2-8(13)9(7)10/h1-2,5,12-13H,4H2. The van der Waals surface area contributed by atoms with Crippen LogP contribution in [0.4, 0.5) is 0 Å². The molecule has 4 heteroatoms. The first-order chi connectivity index (χ1) is 6.77. The number of benzene rings is 1. The van der Waals surface area contributed by atoms with Gasteiger partial charge in [-0.1, -0.05) is 6.07 Å². The summed E-state index contributed by atoms with van der Waals surface area (Å²) >= 11 is 1.36. The second-order valence-corrected chi connectivity index (χ2v) is 3.75. The van der Waals surface area contributed by atoms with Crippen molar-refractivity contribution in [2.24, 2.45) is 0 Å². The first-order valence-corrected chi connectivity index (χ1v) is 4.89. The van der Waals surface area contributed by atoms with Gasteiger partial charge in [-0.15, -0.1) is 11.3 Å². The van der Waals surface area contributed by atoms with E-state index in [1.54, 1.807) is 11.4 Å². The van der Waals surface area contributed by atoms with Crippen LogP contribution in [-0.4, -0.2) is 10.2 Å². The van der Waals surface area contributed by atoms with Gasteiger partial charge in [0.25, 0.3) is 0 Å². The van der Waals surface area contributed by atoms with E-state index >= 15 is 0 Å². The average molecular weight is 205 g/mol. The lowest BCUT2D eigenvalue weighted by Crippen LogP contribution is -1.83. The molecule has 2 aromatic rings. The van der Waals surface area contributed by atoms with E-state index in [4.69, 9.17) is 10.4 Å². The molecule has 2 rings (SSSR count). The zero-order valence-corrected chi connectivity index (χ0v) is 8.01. The van der Waals surface area contributed by atoms with Gasteiger partial charge in [-0.05, 0) is 11.6 Å². The number of nitrogens with zero attached hydrogens (tertiary/aromatic N) is 1. The predicted octanol–water partition coefficient (Wildman–Crippen LogP) is 1.97. The summed E-state index contributed by atoms with van der Waals surface area (Å²) in [6.45, 7) is -0.0812. The van der Waals surface area contributed by atoms with Gasteiger partial charge in [-0.2, -0.15) is 5.26 Å². The quantitative estimate of drug-likeness (QED) is 0.748. The zero-order valence-electron chi connectivity index (χ0n) is 7.19. The Morgan fingerprint density at radius 1 is 1.43 bits per heavy atom. The van der Waals surface area contributed by atoms with Crippen molar-refractivity contribution >= 4 is 21.4 Å². The Morgan fingerprint density at radius 3 is 2.86 bits per heavy atom. The van der Waals surface area contributed by atoms with E-state index in [0.717, 1.165) is 10.3 Å². The summed E-state index contributed by atoms with van der Waals surface area (Å²) in [5.41, 5.74) is 1.20. The van der Waals surface area contributed by atoms with Gasteiger partial charge in [-0.3, -0.25) is 0 Å². The van der Waals surface area contributed by atoms with Crippen molar-refractivity contribution in [3.63, 3.8) is 0 Å². The maximum atomic E-state index is 9.57. The monoisotopic (exact) mass is 205 g/mol. The van der Waals surface area contributed by atoms with Crippen molar-refractivity contribution < 1.29 is 10.2 Å². The Bertz CT molecular complexity index is 525. The molecule has 0 amide bonds. The number of aromatic hydroxyl groups is 1. The van der Waals surface area contributed by atoms with Gasteiger partial charge in [0, 0.05) is 10.1 Å². The number of thiophene rings is 1. The van der Waals surface area contributed by atoms with Crippen LogP contribution in [0.15, 0.2) is 17.5 Å². The fourth-order valence-electron chi connectivity index (χ4n) is 1.39. The molecule has 0 saturated carbocycles. The van der Waals surface area contributed by atoms with Gasteiger partial charge < -0.3 is 10.2 Å². The van der Waals surface area contributed by atoms with E-state index in [2.05, 4.69) is 0 Å². The minimum atomic E-state index is -0.0812. The molecule has 0 saturated heterocycles. The van der Waals surface area contributed by atoms with Gasteiger partial charge in [0.05, 0.1) is 17.6 Å². The molecule has 0 aliphatic heterocycles. The Balaban J connectivity index is 2.89. The average Bonchev–Trinajstić information content (AvgIpc) is 2.63. The van der Waals surface area contributed by atoms with E-state index in [-0.39, 0.29) is 12.4 Å². The number of phenolic OH excluding ortho intramolecular Hbond substituents is 1. The molecule has 70 valence electrons. The van der Waals surface area contributed by atoms with Crippen molar-refractivity contribution in [2.45, 2.75) is 6.61 Å². The second-order valence-electron chi connectivity index (χ2n) is 2.87. The molecule has 1 heterocycles. The third kappa shape index (κ3) is 1.15. The summed E-state index contributed by atoms with van der Waals surface area (Å²) in [6, 6.07) is 5.17. The lowest BCUT2D eigenvalue weighted by molar-refractivity contribution is 0.283. The minimum Gasteiger partial charge on any atom is -0.507 e. The van der Waals surface area contributed by atoms with Gasteiger partial charge in [0.1, 0.15) is 11.8 Å². The van der Waals surface area contributed by atoms with Crippen LogP contribution < -0.4 is 0 Å². The lowest BCUT2D eigenvalue weighted by Gasteiger charge is -2.00. The van der Waals surface area contributed by atoms with Crippen LogP contribution in [0.25, 0.3) is 10.1 Å². The van der Waals surface area contributed by atoms with Crippen molar-refractivity contribution in [3.05, 3.63) is 28.6 Å². The SMILES string of the molecule is N#Cc1csc2c(CO)ccc(O)c12. The second kappa shape index (κ2) is 3.29. The summed E-state index contributed by atoms with van der Waals surface area (Å²) in [7, 11) is 0. The van der Waals surface area contributed by atoms with E-state index in [1.807, 2.05) is 6.07 Å². The summed E-state index contributed by atoms with van der Waals surface area (Å²) < 4.78 is 0.782. The van der Waals surface area contributed by atoms with E-state index < -0.39 is 0 Å². The number of hydrogen-bond acceptors (Lipinski definition) is 4. The molecule has 0 bridgehead atoms. The van der Waals surface area contributed by atoms with Gasteiger partial charge in [0.15, 0.2) is 0 Å². The van der Waals surface area contributed by atoms with Gasteiger partial charge >= 0.3 is 0 Å². The highest BCUT2D eigenvalue weighted by Gasteiger charge is 2.11. The van der Waals surface area contributed by atoms with E-state index in [9.17, 15) is 5.11 Å². The third-order valence-corrected chi connectivity index (χ3v) is 3.13. The molecule has 0 radical (unpaired) electrons. The fraction of sp³-hybridized carbons (Fsp3) is 0.100. The maximum absolute atomic E-state index is 9.57.